The van der Waals surface area contributed by atoms with Gasteiger partial charge in [-0.05, 0) is 32.1 Å². The molecule has 1 saturated carbocycles. The van der Waals surface area contributed by atoms with Crippen LogP contribution >= 0.6 is 0 Å². The SMILES string of the molecule is CCc1[c]nn(CC2CC2)c1C. The number of hydrogen-bond donors (Lipinski definition) is 0. The predicted molar refractivity (Wildman–Crippen MR) is 47.9 cm³/mol. The molecule has 12 heavy (non-hydrogen) atoms. The molecule has 2 rings (SSSR count). The van der Waals surface area contributed by atoms with Crippen molar-refractivity contribution in [3.63, 3.8) is 0 Å². The van der Waals surface area contributed by atoms with E-state index in [1.807, 2.05) is 0 Å². The summed E-state index contributed by atoms with van der Waals surface area (Å²) >= 11 is 0. The maximum atomic E-state index is 4.26. The van der Waals surface area contributed by atoms with Crippen molar-refractivity contribution >= 4 is 0 Å². The van der Waals surface area contributed by atoms with Crippen molar-refractivity contribution in [3.05, 3.63) is 17.5 Å². The van der Waals surface area contributed by atoms with Gasteiger partial charge in [0.05, 0.1) is 0 Å². The minimum atomic E-state index is 0.904. The van der Waals surface area contributed by atoms with E-state index in [0.29, 0.717) is 0 Å². The third-order valence-corrected chi connectivity index (χ3v) is 2.61. The second-order valence-corrected chi connectivity index (χ2v) is 3.65. The maximum Gasteiger partial charge on any atom is 0.116 e. The molecule has 0 bridgehead atoms. The van der Waals surface area contributed by atoms with Crippen molar-refractivity contribution in [2.75, 3.05) is 0 Å². The number of rotatable bonds is 3. The van der Waals surface area contributed by atoms with E-state index >= 15 is 0 Å². The standard InChI is InChI=1S/C10H15N2/c1-3-10-6-11-12(8(10)2)7-9-4-5-9/h9H,3-5,7H2,1-2H3. The molecule has 2 nitrogen and oxygen atoms in total. The highest BCUT2D eigenvalue weighted by molar-refractivity contribution is 5.14. The maximum absolute atomic E-state index is 4.26. The van der Waals surface area contributed by atoms with Crippen LogP contribution in [-0.2, 0) is 13.0 Å². The Kier molecular flexibility index (Phi) is 1.91. The zero-order valence-corrected chi connectivity index (χ0v) is 7.80. The average Bonchev–Trinajstić information content (AvgIpc) is 2.80. The molecule has 0 saturated heterocycles. The van der Waals surface area contributed by atoms with E-state index in [2.05, 4.69) is 29.8 Å². The van der Waals surface area contributed by atoms with Gasteiger partial charge in [0, 0.05) is 17.8 Å². The number of aryl methyl sites for hydroxylation is 1. The van der Waals surface area contributed by atoms with Crippen LogP contribution in [-0.4, -0.2) is 9.78 Å². The molecule has 0 N–H and O–H groups in total. The summed E-state index contributed by atoms with van der Waals surface area (Å²) in [5, 5.41) is 4.26. The normalized spacial score (nSPS) is 16.8. The Morgan fingerprint density at radius 2 is 2.33 bits per heavy atom. The topological polar surface area (TPSA) is 17.8 Å². The smallest absolute Gasteiger partial charge is 0.116 e. The predicted octanol–water partition coefficient (Wildman–Crippen LogP) is 1.96. The summed E-state index contributed by atoms with van der Waals surface area (Å²) in [6, 6.07) is 0. The van der Waals surface area contributed by atoms with Crippen LogP contribution in [0.2, 0.25) is 0 Å². The van der Waals surface area contributed by atoms with E-state index < -0.39 is 0 Å². The van der Waals surface area contributed by atoms with Gasteiger partial charge in [0.1, 0.15) is 6.20 Å². The first kappa shape index (κ1) is 7.84. The molecule has 0 unspecified atom stereocenters. The van der Waals surface area contributed by atoms with Gasteiger partial charge in [-0.25, -0.2) is 0 Å². The van der Waals surface area contributed by atoms with Gasteiger partial charge in [-0.1, -0.05) is 6.92 Å². The van der Waals surface area contributed by atoms with Gasteiger partial charge >= 0.3 is 0 Å². The summed E-state index contributed by atoms with van der Waals surface area (Å²) in [6.45, 7) is 5.41. The zero-order valence-electron chi connectivity index (χ0n) is 7.80. The first-order valence-electron chi connectivity index (χ1n) is 4.75. The third kappa shape index (κ3) is 1.38. The summed E-state index contributed by atoms with van der Waals surface area (Å²) < 4.78 is 2.11. The first-order valence-corrected chi connectivity index (χ1v) is 4.75. The Morgan fingerprint density at radius 1 is 1.58 bits per heavy atom. The van der Waals surface area contributed by atoms with Gasteiger partial charge in [-0.2, -0.15) is 5.10 Å². The quantitative estimate of drug-likeness (QED) is 0.666. The fourth-order valence-corrected chi connectivity index (χ4v) is 1.49. The van der Waals surface area contributed by atoms with Crippen molar-refractivity contribution < 1.29 is 0 Å². The van der Waals surface area contributed by atoms with Crippen LogP contribution < -0.4 is 0 Å². The highest BCUT2D eigenvalue weighted by Gasteiger charge is 2.22. The van der Waals surface area contributed by atoms with E-state index in [1.54, 1.807) is 0 Å². The van der Waals surface area contributed by atoms with Crippen LogP contribution in [0, 0.1) is 19.0 Å². The summed E-state index contributed by atoms with van der Waals surface area (Å²) in [5.74, 6) is 0.904. The monoisotopic (exact) mass is 163 g/mol. The molecule has 0 aromatic carbocycles. The Labute approximate surface area is 73.6 Å². The highest BCUT2D eigenvalue weighted by Crippen LogP contribution is 2.30. The molecule has 1 aliphatic carbocycles. The van der Waals surface area contributed by atoms with Gasteiger partial charge < -0.3 is 0 Å². The molecule has 0 atom stereocenters. The lowest BCUT2D eigenvalue weighted by Crippen LogP contribution is -2.04. The van der Waals surface area contributed by atoms with Gasteiger partial charge in [0.15, 0.2) is 0 Å². The molecule has 1 aromatic heterocycles. The van der Waals surface area contributed by atoms with Crippen LogP contribution in [0.3, 0.4) is 0 Å². The molecule has 1 heterocycles. The van der Waals surface area contributed by atoms with Crippen LogP contribution in [0.5, 0.6) is 0 Å². The largest absolute Gasteiger partial charge is 0.269 e. The molecule has 0 spiro atoms. The molecule has 1 fully saturated rings. The van der Waals surface area contributed by atoms with Crippen molar-refractivity contribution in [3.8, 4) is 0 Å². The molecule has 0 amide bonds. The zero-order chi connectivity index (χ0) is 8.55. The average molecular weight is 163 g/mol. The first-order chi connectivity index (χ1) is 5.81. The third-order valence-electron chi connectivity index (χ3n) is 2.61. The van der Waals surface area contributed by atoms with Crippen LogP contribution in [0.15, 0.2) is 0 Å². The fraction of sp³-hybridized carbons (Fsp3) is 0.700. The van der Waals surface area contributed by atoms with E-state index in [1.165, 1.54) is 24.1 Å². The van der Waals surface area contributed by atoms with Crippen molar-refractivity contribution in [2.24, 2.45) is 5.92 Å². The van der Waals surface area contributed by atoms with Crippen molar-refractivity contribution in [2.45, 2.75) is 39.7 Å². The molecule has 1 aliphatic rings. The second kappa shape index (κ2) is 2.92. The Morgan fingerprint density at radius 3 is 2.83 bits per heavy atom. The van der Waals surface area contributed by atoms with Crippen molar-refractivity contribution in [1.29, 1.82) is 0 Å². The fourth-order valence-electron chi connectivity index (χ4n) is 1.49. The molecular formula is C10H15N2. The minimum absolute atomic E-state index is 0.904. The summed E-state index contributed by atoms with van der Waals surface area (Å²) in [5.41, 5.74) is 2.58. The number of aromatic nitrogens is 2. The molecule has 2 heteroatoms. The molecule has 65 valence electrons. The lowest BCUT2D eigenvalue weighted by Gasteiger charge is -2.02. The lowest BCUT2D eigenvalue weighted by atomic mass is 10.2. The second-order valence-electron chi connectivity index (χ2n) is 3.65. The van der Waals surface area contributed by atoms with Crippen LogP contribution in [0.25, 0.3) is 0 Å². The summed E-state index contributed by atoms with van der Waals surface area (Å²) in [6.07, 6.45) is 6.90. The van der Waals surface area contributed by atoms with Crippen LogP contribution in [0.1, 0.15) is 31.0 Å². The molecule has 1 radical (unpaired) electrons. The van der Waals surface area contributed by atoms with Crippen molar-refractivity contribution in [1.82, 2.24) is 9.78 Å². The Hall–Kier alpha value is -0.790. The molecule has 1 aromatic rings. The van der Waals surface area contributed by atoms with E-state index in [9.17, 15) is 0 Å². The number of hydrogen-bond acceptors (Lipinski definition) is 1. The Balaban J connectivity index is 2.13. The summed E-state index contributed by atoms with van der Waals surface area (Å²) in [4.78, 5) is 0. The van der Waals surface area contributed by atoms with Crippen LogP contribution in [0.4, 0.5) is 0 Å². The highest BCUT2D eigenvalue weighted by atomic mass is 15.3. The molecular weight excluding hydrogens is 148 g/mol. The van der Waals surface area contributed by atoms with E-state index in [0.717, 1.165) is 18.9 Å². The van der Waals surface area contributed by atoms with E-state index in [-0.39, 0.29) is 0 Å². The summed E-state index contributed by atoms with van der Waals surface area (Å²) in [7, 11) is 0. The van der Waals surface area contributed by atoms with E-state index in [4.69, 9.17) is 0 Å². The minimum Gasteiger partial charge on any atom is -0.269 e. The van der Waals surface area contributed by atoms with Gasteiger partial charge in [0.2, 0.25) is 0 Å². The molecule has 0 aliphatic heterocycles. The van der Waals surface area contributed by atoms with Gasteiger partial charge in [-0.15, -0.1) is 0 Å². The lowest BCUT2D eigenvalue weighted by molar-refractivity contribution is 0.548. The number of nitrogens with zero attached hydrogens (tertiary/aromatic N) is 2. The van der Waals surface area contributed by atoms with Gasteiger partial charge in [0.25, 0.3) is 0 Å². The Bertz CT molecular complexity index is 271. The van der Waals surface area contributed by atoms with Gasteiger partial charge in [-0.3, -0.25) is 4.68 Å².